The van der Waals surface area contributed by atoms with Gasteiger partial charge in [0, 0.05) is 20.3 Å². The van der Waals surface area contributed by atoms with E-state index in [4.69, 9.17) is 19.1 Å². The fourth-order valence-corrected chi connectivity index (χ4v) is 2.56. The molecule has 0 rings (SSSR count). The van der Waals surface area contributed by atoms with E-state index in [0.29, 0.717) is 0 Å². The molecule has 0 spiro atoms. The van der Waals surface area contributed by atoms with E-state index in [9.17, 15) is 0 Å². The van der Waals surface area contributed by atoms with Gasteiger partial charge in [0.05, 0.1) is 0 Å². The van der Waals surface area contributed by atoms with Crippen molar-refractivity contribution in [3.63, 3.8) is 0 Å². The molecule has 12 heavy (non-hydrogen) atoms. The maximum absolute atomic E-state index is 5.49. The lowest BCUT2D eigenvalue weighted by Gasteiger charge is -2.28. The third-order valence-electron chi connectivity index (χ3n) is 1.65. The van der Waals surface area contributed by atoms with Gasteiger partial charge in [-0.1, -0.05) is 6.92 Å². The first-order valence-corrected chi connectivity index (χ1v) is 5.81. The van der Waals surface area contributed by atoms with Gasteiger partial charge in [-0.05, 0) is 6.92 Å². The predicted octanol–water partition coefficient (Wildman–Crippen LogP) is 0.0639. The molecular formula is C6H18N2O3Si. The summed E-state index contributed by atoms with van der Waals surface area (Å²) in [7, 11) is 0.728. The first-order valence-electron chi connectivity index (χ1n) is 3.88. The predicted molar refractivity (Wildman–Crippen MR) is 48.1 cm³/mol. The molecule has 3 N–H and O–H groups in total. The first kappa shape index (κ1) is 12.0. The number of nitrogens with one attached hydrogen (secondary N) is 1. The van der Waals surface area contributed by atoms with Crippen LogP contribution in [-0.4, -0.2) is 29.3 Å². The van der Waals surface area contributed by atoms with Crippen LogP contribution in [0, 0.1) is 0 Å². The van der Waals surface area contributed by atoms with E-state index in [1.165, 1.54) is 0 Å². The van der Waals surface area contributed by atoms with Crippen LogP contribution in [0.25, 0.3) is 0 Å². The van der Waals surface area contributed by atoms with E-state index >= 15 is 0 Å². The highest BCUT2D eigenvalue weighted by atomic mass is 28.4. The normalized spacial score (nSPS) is 14.8. The third kappa shape index (κ3) is 3.17. The van der Waals surface area contributed by atoms with Gasteiger partial charge in [-0.2, -0.15) is 0 Å². The molecule has 0 aliphatic heterocycles. The summed E-state index contributed by atoms with van der Waals surface area (Å²) >= 11 is 0. The van der Waals surface area contributed by atoms with Gasteiger partial charge in [-0.15, -0.1) is 0 Å². The van der Waals surface area contributed by atoms with E-state index < -0.39 is 8.80 Å². The van der Waals surface area contributed by atoms with Gasteiger partial charge in [-0.3, -0.25) is 5.84 Å². The van der Waals surface area contributed by atoms with E-state index in [0.717, 1.165) is 6.04 Å². The van der Waals surface area contributed by atoms with Crippen molar-refractivity contribution in [3.8, 4) is 0 Å². The molecule has 74 valence electrons. The highest BCUT2D eigenvalue weighted by Crippen LogP contribution is 2.13. The molecule has 0 amide bonds. The van der Waals surface area contributed by atoms with Crippen LogP contribution in [0.1, 0.15) is 13.8 Å². The molecule has 0 aromatic rings. The third-order valence-corrected chi connectivity index (χ3v) is 4.47. The first-order chi connectivity index (χ1) is 5.64. The van der Waals surface area contributed by atoms with Gasteiger partial charge in [0.25, 0.3) is 0 Å². The molecule has 0 radical (unpaired) electrons. The van der Waals surface area contributed by atoms with Crippen LogP contribution >= 0.6 is 0 Å². The van der Waals surface area contributed by atoms with E-state index in [1.54, 1.807) is 21.1 Å². The Balaban J connectivity index is 4.09. The summed E-state index contributed by atoms with van der Waals surface area (Å²) < 4.78 is 15.9. The van der Waals surface area contributed by atoms with Crippen LogP contribution in [0.15, 0.2) is 0 Å². The fraction of sp³-hybridized carbons (Fsp3) is 1.00. The van der Waals surface area contributed by atoms with Crippen LogP contribution in [0.3, 0.4) is 0 Å². The van der Waals surface area contributed by atoms with Gasteiger partial charge in [0.15, 0.2) is 0 Å². The number of hydrogen-bond acceptors (Lipinski definition) is 5. The molecule has 0 aliphatic rings. The second-order valence-corrected chi connectivity index (χ2v) is 5.50. The van der Waals surface area contributed by atoms with Crippen LogP contribution in [0.2, 0.25) is 6.04 Å². The lowest BCUT2D eigenvalue weighted by Crippen LogP contribution is -2.50. The van der Waals surface area contributed by atoms with Crippen LogP contribution in [0.5, 0.6) is 0 Å². The van der Waals surface area contributed by atoms with Crippen molar-refractivity contribution in [2.45, 2.75) is 26.1 Å². The van der Waals surface area contributed by atoms with E-state index in [1.807, 2.05) is 6.92 Å². The summed E-state index contributed by atoms with van der Waals surface area (Å²) in [6, 6.07) is 0.728. The minimum atomic E-state index is -2.44. The molecule has 0 saturated carbocycles. The Morgan fingerprint density at radius 3 is 2.17 bits per heavy atom. The van der Waals surface area contributed by atoms with Gasteiger partial charge < -0.3 is 13.3 Å². The summed E-state index contributed by atoms with van der Waals surface area (Å²) in [4.78, 5) is 0. The molecule has 6 heteroatoms. The van der Waals surface area contributed by atoms with Crippen LogP contribution in [0.4, 0.5) is 0 Å². The number of rotatable bonds is 6. The fourth-order valence-electron chi connectivity index (χ4n) is 0.855. The summed E-state index contributed by atoms with van der Waals surface area (Å²) in [6.45, 7) is 3.76. The Morgan fingerprint density at radius 2 is 1.92 bits per heavy atom. The van der Waals surface area contributed by atoms with Crippen LogP contribution in [-0.2, 0) is 13.3 Å². The molecule has 1 unspecified atom stereocenters. The number of hydrogen-bond donors (Lipinski definition) is 2. The number of hydrazine groups is 1. The van der Waals surface area contributed by atoms with Crippen molar-refractivity contribution in [2.24, 2.45) is 5.84 Å². The summed E-state index contributed by atoms with van der Waals surface area (Å²) in [5, 5.41) is 0. The minimum Gasteiger partial charge on any atom is -0.377 e. The van der Waals surface area contributed by atoms with Gasteiger partial charge >= 0.3 is 8.80 Å². The van der Waals surface area contributed by atoms with Crippen molar-refractivity contribution in [2.75, 3.05) is 14.2 Å². The maximum Gasteiger partial charge on any atom is 0.501 e. The molecule has 0 saturated heterocycles. The highest BCUT2D eigenvalue weighted by molar-refractivity contribution is 6.60. The minimum absolute atomic E-state index is 0.253. The second-order valence-electron chi connectivity index (χ2n) is 2.37. The summed E-state index contributed by atoms with van der Waals surface area (Å²) in [5.41, 5.74) is 2.48. The van der Waals surface area contributed by atoms with E-state index in [2.05, 4.69) is 5.43 Å². The van der Waals surface area contributed by atoms with Crippen molar-refractivity contribution in [1.29, 1.82) is 0 Å². The van der Waals surface area contributed by atoms with Crippen LogP contribution < -0.4 is 11.3 Å². The smallest absolute Gasteiger partial charge is 0.377 e. The molecular weight excluding hydrogens is 176 g/mol. The largest absolute Gasteiger partial charge is 0.501 e. The van der Waals surface area contributed by atoms with Gasteiger partial charge in [0.1, 0.15) is 6.23 Å². The highest BCUT2D eigenvalue weighted by Gasteiger charge is 2.38. The molecule has 0 bridgehead atoms. The lowest BCUT2D eigenvalue weighted by atomic mass is 10.7. The Hall–Kier alpha value is 0.0169. The molecule has 0 aromatic heterocycles. The zero-order valence-corrected chi connectivity index (χ0v) is 9.09. The van der Waals surface area contributed by atoms with Crippen molar-refractivity contribution in [3.05, 3.63) is 0 Å². The molecule has 5 nitrogen and oxygen atoms in total. The standard InChI is InChI=1S/C6H18N2O3Si/c1-5-12(9-3,10-4)11-6(2)8-7/h6,8H,5,7H2,1-4H3. The molecule has 0 aromatic carbocycles. The summed E-state index contributed by atoms with van der Waals surface area (Å²) in [5.74, 6) is 5.18. The molecule has 0 aliphatic carbocycles. The van der Waals surface area contributed by atoms with E-state index in [-0.39, 0.29) is 6.23 Å². The Labute approximate surface area is 74.5 Å². The van der Waals surface area contributed by atoms with Gasteiger partial charge in [-0.25, -0.2) is 5.43 Å². The monoisotopic (exact) mass is 194 g/mol. The average Bonchev–Trinajstić information content (AvgIpc) is 2.14. The van der Waals surface area contributed by atoms with Crippen molar-refractivity contribution in [1.82, 2.24) is 5.43 Å². The van der Waals surface area contributed by atoms with Crippen molar-refractivity contribution < 1.29 is 13.3 Å². The Kier molecular flexibility index (Phi) is 5.63. The van der Waals surface area contributed by atoms with Crippen molar-refractivity contribution >= 4 is 8.80 Å². The Morgan fingerprint density at radius 1 is 1.42 bits per heavy atom. The maximum atomic E-state index is 5.49. The summed E-state index contributed by atoms with van der Waals surface area (Å²) in [6.07, 6.45) is -0.253. The Bertz CT molecular complexity index is 113. The zero-order valence-electron chi connectivity index (χ0n) is 8.09. The molecule has 0 fully saturated rings. The lowest BCUT2D eigenvalue weighted by molar-refractivity contribution is 0.0490. The zero-order chi connectivity index (χ0) is 9.61. The van der Waals surface area contributed by atoms with Gasteiger partial charge in [0.2, 0.25) is 0 Å². The topological polar surface area (TPSA) is 65.7 Å². The second kappa shape index (κ2) is 5.63. The molecule has 1 atom stereocenters. The quantitative estimate of drug-likeness (QED) is 0.271. The molecule has 0 heterocycles. The average molecular weight is 194 g/mol. The number of nitrogens with two attached hydrogens (primary N) is 1. The SMILES string of the molecule is CC[Si](OC)(OC)OC(C)NN.